The summed E-state index contributed by atoms with van der Waals surface area (Å²) < 4.78 is 4.64. The van der Waals surface area contributed by atoms with Crippen LogP contribution in [-0.4, -0.2) is 35.2 Å². The van der Waals surface area contributed by atoms with Crippen molar-refractivity contribution in [2.24, 2.45) is 0 Å². The van der Waals surface area contributed by atoms with Crippen LogP contribution < -0.4 is 0 Å². The molecule has 0 aromatic heterocycles. The van der Waals surface area contributed by atoms with Crippen LogP contribution in [0.1, 0.15) is 12.5 Å². The molecule has 2 aromatic rings. The van der Waals surface area contributed by atoms with E-state index in [1.807, 2.05) is 54.6 Å². The van der Waals surface area contributed by atoms with Gasteiger partial charge in [-0.25, -0.2) is 4.79 Å². The van der Waals surface area contributed by atoms with Crippen molar-refractivity contribution < 1.29 is 19.1 Å². The molecule has 1 atom stereocenters. The molecular weight excluding hydrogens is 382 g/mol. The molecule has 1 heterocycles. The first-order valence-electron chi connectivity index (χ1n) is 8.18. The minimum Gasteiger partial charge on any atom is -0.467 e. The maximum absolute atomic E-state index is 12.7. The average molecular weight is 399 g/mol. The molecule has 1 saturated heterocycles. The van der Waals surface area contributed by atoms with Crippen LogP contribution in [0.25, 0.3) is 6.08 Å². The van der Waals surface area contributed by atoms with Crippen molar-refractivity contribution >= 4 is 46.7 Å². The highest BCUT2D eigenvalue weighted by atomic mass is 32.2. The molecule has 2 aromatic carbocycles. The summed E-state index contributed by atoms with van der Waals surface area (Å²) in [6.45, 7) is 1.48. The Morgan fingerprint density at radius 3 is 2.48 bits per heavy atom. The minimum atomic E-state index is -0.956. The number of ether oxygens (including phenoxy) is 1. The summed E-state index contributed by atoms with van der Waals surface area (Å²) in [6, 6.07) is 16.6. The Hall–Kier alpha value is -2.51. The van der Waals surface area contributed by atoms with E-state index in [9.17, 15) is 14.4 Å². The SMILES string of the molecule is COC(=O)[C@@H](C)N1C(=O)S/C(=C/c2ccccc2Sc2ccccc2)C1=O. The number of benzene rings is 2. The molecule has 0 bridgehead atoms. The lowest BCUT2D eigenvalue weighted by Gasteiger charge is -2.18. The molecule has 0 N–H and O–H groups in total. The number of thioether (sulfide) groups is 1. The lowest BCUT2D eigenvalue weighted by molar-refractivity contribution is -0.148. The number of rotatable bonds is 5. The molecular formula is C20H17NO4S2. The predicted molar refractivity (Wildman–Crippen MR) is 106 cm³/mol. The molecule has 0 unspecified atom stereocenters. The van der Waals surface area contributed by atoms with Gasteiger partial charge in [0.1, 0.15) is 6.04 Å². The number of carbonyl (C=O) groups excluding carboxylic acids is 3. The summed E-state index contributed by atoms with van der Waals surface area (Å²) in [7, 11) is 1.23. The molecule has 2 amide bonds. The molecule has 0 radical (unpaired) electrons. The van der Waals surface area contributed by atoms with Gasteiger partial charge in [-0.1, -0.05) is 48.2 Å². The molecule has 5 nitrogen and oxygen atoms in total. The molecule has 0 spiro atoms. The van der Waals surface area contributed by atoms with Gasteiger partial charge in [-0.15, -0.1) is 0 Å². The van der Waals surface area contributed by atoms with Crippen LogP contribution in [0.2, 0.25) is 0 Å². The third kappa shape index (κ3) is 4.26. The quantitative estimate of drug-likeness (QED) is 0.547. The van der Waals surface area contributed by atoms with E-state index in [0.717, 1.165) is 32.0 Å². The highest BCUT2D eigenvalue weighted by Crippen LogP contribution is 2.37. The molecule has 1 aliphatic rings. The van der Waals surface area contributed by atoms with Crippen LogP contribution in [0.15, 0.2) is 69.3 Å². The van der Waals surface area contributed by atoms with Gasteiger partial charge in [-0.05, 0) is 48.5 Å². The Labute approximate surface area is 165 Å². The number of esters is 1. The first kappa shape index (κ1) is 19.3. The Morgan fingerprint density at radius 1 is 1.11 bits per heavy atom. The fraction of sp³-hybridized carbons (Fsp3) is 0.150. The van der Waals surface area contributed by atoms with E-state index in [1.54, 1.807) is 17.8 Å². The Bertz CT molecular complexity index is 911. The lowest BCUT2D eigenvalue weighted by Crippen LogP contribution is -2.42. The minimum absolute atomic E-state index is 0.289. The zero-order valence-electron chi connectivity index (χ0n) is 14.7. The Morgan fingerprint density at radius 2 is 1.78 bits per heavy atom. The monoisotopic (exact) mass is 399 g/mol. The first-order chi connectivity index (χ1) is 13.0. The smallest absolute Gasteiger partial charge is 0.328 e. The topological polar surface area (TPSA) is 63.7 Å². The summed E-state index contributed by atoms with van der Waals surface area (Å²) in [4.78, 5) is 39.9. The van der Waals surface area contributed by atoms with Gasteiger partial charge in [0.25, 0.3) is 11.1 Å². The Balaban J connectivity index is 1.88. The van der Waals surface area contributed by atoms with Crippen molar-refractivity contribution in [3.05, 3.63) is 65.1 Å². The van der Waals surface area contributed by atoms with Crippen LogP contribution in [0.3, 0.4) is 0 Å². The standard InChI is InChI=1S/C20H17NO4S2/c1-13(19(23)25-2)21-18(22)17(27-20(21)24)12-14-8-6-7-11-16(14)26-15-9-4-3-5-10-15/h3-13H,1-2H3/b17-12+/t13-/m1/s1. The zero-order chi connectivity index (χ0) is 19.4. The van der Waals surface area contributed by atoms with Crippen LogP contribution in [0.5, 0.6) is 0 Å². The van der Waals surface area contributed by atoms with Gasteiger partial charge in [0.2, 0.25) is 0 Å². The second kappa shape index (κ2) is 8.45. The number of carbonyl (C=O) groups is 3. The van der Waals surface area contributed by atoms with Crippen molar-refractivity contribution in [3.63, 3.8) is 0 Å². The van der Waals surface area contributed by atoms with E-state index in [2.05, 4.69) is 4.74 Å². The van der Waals surface area contributed by atoms with Crippen LogP contribution in [0, 0.1) is 0 Å². The number of imide groups is 1. The third-order valence-corrected chi connectivity index (χ3v) is 5.91. The van der Waals surface area contributed by atoms with Gasteiger partial charge >= 0.3 is 5.97 Å². The largest absolute Gasteiger partial charge is 0.467 e. The number of methoxy groups -OCH3 is 1. The van der Waals surface area contributed by atoms with Crippen molar-refractivity contribution in [2.75, 3.05) is 7.11 Å². The van der Waals surface area contributed by atoms with Gasteiger partial charge in [0.15, 0.2) is 0 Å². The van der Waals surface area contributed by atoms with E-state index < -0.39 is 23.2 Å². The summed E-state index contributed by atoms with van der Waals surface area (Å²) in [5, 5.41) is -0.475. The van der Waals surface area contributed by atoms with E-state index in [-0.39, 0.29) is 4.91 Å². The van der Waals surface area contributed by atoms with E-state index in [4.69, 9.17) is 0 Å². The lowest BCUT2D eigenvalue weighted by atomic mass is 10.2. The number of hydrogen-bond donors (Lipinski definition) is 0. The fourth-order valence-corrected chi connectivity index (χ4v) is 4.38. The summed E-state index contributed by atoms with van der Waals surface area (Å²) >= 11 is 2.41. The highest BCUT2D eigenvalue weighted by molar-refractivity contribution is 8.18. The molecule has 27 heavy (non-hydrogen) atoms. The van der Waals surface area contributed by atoms with Crippen LogP contribution in [0.4, 0.5) is 4.79 Å². The molecule has 1 fully saturated rings. The van der Waals surface area contributed by atoms with Crippen molar-refractivity contribution in [1.29, 1.82) is 0 Å². The maximum Gasteiger partial charge on any atom is 0.328 e. The van der Waals surface area contributed by atoms with Crippen LogP contribution >= 0.6 is 23.5 Å². The van der Waals surface area contributed by atoms with Gasteiger partial charge in [-0.3, -0.25) is 14.5 Å². The van der Waals surface area contributed by atoms with Gasteiger partial charge in [0.05, 0.1) is 12.0 Å². The Kier molecular flexibility index (Phi) is 6.03. The molecule has 0 aliphatic carbocycles. The van der Waals surface area contributed by atoms with Crippen molar-refractivity contribution in [3.8, 4) is 0 Å². The fourth-order valence-electron chi connectivity index (χ4n) is 2.54. The van der Waals surface area contributed by atoms with E-state index in [0.29, 0.717) is 0 Å². The van der Waals surface area contributed by atoms with Gasteiger partial charge in [-0.2, -0.15) is 0 Å². The number of amides is 2. The number of nitrogens with zero attached hydrogens (tertiary/aromatic N) is 1. The summed E-state index contributed by atoms with van der Waals surface area (Å²) in [5.74, 6) is -1.11. The van der Waals surface area contributed by atoms with Gasteiger partial charge in [0, 0.05) is 9.79 Å². The van der Waals surface area contributed by atoms with Crippen LogP contribution in [-0.2, 0) is 14.3 Å². The molecule has 1 aliphatic heterocycles. The van der Waals surface area contributed by atoms with Crippen molar-refractivity contribution in [1.82, 2.24) is 4.90 Å². The second-order valence-electron chi connectivity index (χ2n) is 5.70. The zero-order valence-corrected chi connectivity index (χ0v) is 16.4. The van der Waals surface area contributed by atoms with Gasteiger partial charge < -0.3 is 4.74 Å². The van der Waals surface area contributed by atoms with E-state index in [1.165, 1.54) is 14.0 Å². The third-order valence-electron chi connectivity index (χ3n) is 3.93. The normalized spacial score (nSPS) is 16.7. The molecule has 138 valence electrons. The predicted octanol–water partition coefficient (Wildman–Crippen LogP) is 4.44. The first-order valence-corrected chi connectivity index (χ1v) is 9.81. The summed E-state index contributed by atoms with van der Waals surface area (Å²) in [6.07, 6.45) is 1.69. The molecule has 3 rings (SSSR count). The highest BCUT2D eigenvalue weighted by Gasteiger charge is 2.41. The van der Waals surface area contributed by atoms with E-state index >= 15 is 0 Å². The number of hydrogen-bond acceptors (Lipinski definition) is 6. The maximum atomic E-state index is 12.7. The molecule has 7 heteroatoms. The van der Waals surface area contributed by atoms with Crippen molar-refractivity contribution in [2.45, 2.75) is 22.8 Å². The summed E-state index contributed by atoms with van der Waals surface area (Å²) in [5.41, 5.74) is 0.836. The second-order valence-corrected chi connectivity index (χ2v) is 7.81. The molecule has 0 saturated carbocycles. The average Bonchev–Trinajstić information content (AvgIpc) is 2.96.